The predicted octanol–water partition coefficient (Wildman–Crippen LogP) is 2.87. The smallest absolute Gasteiger partial charge is 0.269 e. The van der Waals surface area contributed by atoms with Gasteiger partial charge in [0.15, 0.2) is 0 Å². The Kier molecular flexibility index (Phi) is 8.27. The summed E-state index contributed by atoms with van der Waals surface area (Å²) in [6, 6.07) is 14.8. The second kappa shape index (κ2) is 10.7. The summed E-state index contributed by atoms with van der Waals surface area (Å²) in [6.45, 7) is 8.22. The molecule has 1 unspecified atom stereocenters. The molecule has 0 aliphatic rings. The van der Waals surface area contributed by atoms with E-state index in [0.29, 0.717) is 13.1 Å². The second-order valence-electron chi connectivity index (χ2n) is 7.59. The molecule has 1 atom stereocenters. The number of nitro groups is 1. The summed E-state index contributed by atoms with van der Waals surface area (Å²) in [6.07, 6.45) is 0.264. The fourth-order valence-corrected chi connectivity index (χ4v) is 3.54. The topological polar surface area (TPSA) is 110 Å². The van der Waals surface area contributed by atoms with Crippen molar-refractivity contribution in [1.82, 2.24) is 9.80 Å². The van der Waals surface area contributed by atoms with Crippen molar-refractivity contribution >= 4 is 17.5 Å². The number of hydrogen-bond donors (Lipinski definition) is 1. The van der Waals surface area contributed by atoms with Gasteiger partial charge in [-0.1, -0.05) is 44.2 Å². The summed E-state index contributed by atoms with van der Waals surface area (Å²) >= 11 is 0. The zero-order valence-corrected chi connectivity index (χ0v) is 18.3. The molecule has 2 aromatic rings. The molecular formula is C23H30N4O4. The van der Waals surface area contributed by atoms with E-state index in [1.165, 1.54) is 29.2 Å². The molecule has 2 N–H and O–H groups in total. The molecule has 2 aromatic carbocycles. The van der Waals surface area contributed by atoms with Crippen LogP contribution in [0.3, 0.4) is 0 Å². The highest BCUT2D eigenvalue weighted by Crippen LogP contribution is 2.24. The zero-order valence-electron chi connectivity index (χ0n) is 18.3. The van der Waals surface area contributed by atoms with Crippen LogP contribution in [0.4, 0.5) is 5.69 Å². The van der Waals surface area contributed by atoms with E-state index in [1.807, 2.05) is 44.2 Å². The number of nitrogens with zero attached hydrogens (tertiary/aromatic N) is 3. The number of benzene rings is 2. The van der Waals surface area contributed by atoms with Crippen LogP contribution < -0.4 is 5.73 Å². The van der Waals surface area contributed by atoms with Gasteiger partial charge in [-0.25, -0.2) is 0 Å². The van der Waals surface area contributed by atoms with Crippen LogP contribution in [0.5, 0.6) is 0 Å². The molecule has 0 saturated carbocycles. The van der Waals surface area contributed by atoms with Crippen molar-refractivity contribution in [3.8, 4) is 0 Å². The van der Waals surface area contributed by atoms with Crippen LogP contribution in [0, 0.1) is 10.1 Å². The predicted molar refractivity (Wildman–Crippen MR) is 120 cm³/mol. The highest BCUT2D eigenvalue weighted by molar-refractivity contribution is 5.99. The number of carbonyl (C=O) groups excluding carboxylic acids is 2. The maximum atomic E-state index is 13.5. The Morgan fingerprint density at radius 2 is 1.58 bits per heavy atom. The molecule has 31 heavy (non-hydrogen) atoms. The standard InChI is InChI=1S/C23H30N4O4/c1-4-25(5-2)15-16-26(21(28)19-11-13-20(14-12-19)27(30)31)23(3,22(24)29)17-18-9-7-6-8-10-18/h6-14H,4-5,15-17H2,1-3H3,(H2,24,29). The number of nitrogens with two attached hydrogens (primary N) is 1. The summed E-state index contributed by atoms with van der Waals surface area (Å²) < 4.78 is 0. The average molecular weight is 427 g/mol. The summed E-state index contributed by atoms with van der Waals surface area (Å²) in [5.41, 5.74) is 5.61. The first-order valence-electron chi connectivity index (χ1n) is 10.4. The minimum Gasteiger partial charge on any atom is -0.368 e. The fourth-order valence-electron chi connectivity index (χ4n) is 3.54. The molecule has 2 amide bonds. The van der Waals surface area contributed by atoms with Crippen molar-refractivity contribution in [2.75, 3.05) is 26.2 Å². The quantitative estimate of drug-likeness (QED) is 0.439. The van der Waals surface area contributed by atoms with Gasteiger partial charge in [-0.3, -0.25) is 19.7 Å². The normalized spacial score (nSPS) is 12.9. The van der Waals surface area contributed by atoms with Crippen LogP contribution in [-0.4, -0.2) is 58.3 Å². The van der Waals surface area contributed by atoms with Crippen molar-refractivity contribution in [3.63, 3.8) is 0 Å². The summed E-state index contributed by atoms with van der Waals surface area (Å²) in [7, 11) is 0. The van der Waals surface area contributed by atoms with E-state index in [2.05, 4.69) is 4.90 Å². The number of primary amides is 1. The fraction of sp³-hybridized carbons (Fsp3) is 0.391. The first kappa shape index (κ1) is 24.0. The van der Waals surface area contributed by atoms with Gasteiger partial charge in [-0.15, -0.1) is 0 Å². The van der Waals surface area contributed by atoms with Crippen molar-refractivity contribution in [3.05, 3.63) is 75.8 Å². The third kappa shape index (κ3) is 5.88. The van der Waals surface area contributed by atoms with Gasteiger partial charge >= 0.3 is 0 Å². The minimum atomic E-state index is -1.27. The molecule has 0 radical (unpaired) electrons. The molecule has 0 fully saturated rings. The molecule has 0 saturated heterocycles. The van der Waals surface area contributed by atoms with Crippen LogP contribution in [0.1, 0.15) is 36.7 Å². The Balaban J connectivity index is 2.44. The lowest BCUT2D eigenvalue weighted by Crippen LogP contribution is -2.60. The van der Waals surface area contributed by atoms with Gasteiger partial charge in [-0.05, 0) is 37.7 Å². The molecule has 0 aliphatic heterocycles. The molecule has 0 bridgehead atoms. The number of carbonyl (C=O) groups is 2. The van der Waals surface area contributed by atoms with E-state index < -0.39 is 16.4 Å². The van der Waals surface area contributed by atoms with E-state index in [-0.39, 0.29) is 23.6 Å². The van der Waals surface area contributed by atoms with E-state index in [0.717, 1.165) is 18.7 Å². The summed E-state index contributed by atoms with van der Waals surface area (Å²) in [4.78, 5) is 40.2. The Hall–Kier alpha value is -3.26. The minimum absolute atomic E-state index is 0.104. The molecule has 8 nitrogen and oxygen atoms in total. The largest absolute Gasteiger partial charge is 0.368 e. The Bertz CT molecular complexity index is 898. The molecule has 2 rings (SSSR count). The Morgan fingerprint density at radius 1 is 1.00 bits per heavy atom. The van der Waals surface area contributed by atoms with E-state index in [1.54, 1.807) is 6.92 Å². The highest BCUT2D eigenvalue weighted by Gasteiger charge is 2.41. The van der Waals surface area contributed by atoms with Crippen LogP contribution in [0.15, 0.2) is 54.6 Å². The number of hydrogen-bond acceptors (Lipinski definition) is 5. The molecule has 166 valence electrons. The molecular weight excluding hydrogens is 396 g/mol. The van der Waals surface area contributed by atoms with Crippen molar-refractivity contribution < 1.29 is 14.5 Å². The number of likely N-dealkylation sites (N-methyl/N-ethyl adjacent to an activating group) is 1. The lowest BCUT2D eigenvalue weighted by molar-refractivity contribution is -0.384. The van der Waals surface area contributed by atoms with Crippen LogP contribution in [0.25, 0.3) is 0 Å². The highest BCUT2D eigenvalue weighted by atomic mass is 16.6. The zero-order chi connectivity index (χ0) is 23.0. The van der Waals surface area contributed by atoms with E-state index in [9.17, 15) is 19.7 Å². The van der Waals surface area contributed by atoms with Crippen LogP contribution >= 0.6 is 0 Å². The molecule has 0 aromatic heterocycles. The lowest BCUT2D eigenvalue weighted by Gasteiger charge is -2.40. The lowest BCUT2D eigenvalue weighted by atomic mass is 9.89. The monoisotopic (exact) mass is 426 g/mol. The van der Waals surface area contributed by atoms with Gasteiger partial charge < -0.3 is 15.5 Å². The van der Waals surface area contributed by atoms with Crippen LogP contribution in [-0.2, 0) is 11.2 Å². The van der Waals surface area contributed by atoms with E-state index in [4.69, 9.17) is 5.73 Å². The van der Waals surface area contributed by atoms with Crippen molar-refractivity contribution in [1.29, 1.82) is 0 Å². The third-order valence-corrected chi connectivity index (χ3v) is 5.62. The molecule has 0 heterocycles. The van der Waals surface area contributed by atoms with Gasteiger partial charge in [0, 0.05) is 37.2 Å². The SMILES string of the molecule is CCN(CC)CCN(C(=O)c1ccc([N+](=O)[O-])cc1)C(C)(Cc1ccccc1)C(N)=O. The number of nitro benzene ring substituents is 1. The maximum Gasteiger partial charge on any atom is 0.269 e. The van der Waals surface area contributed by atoms with Gasteiger partial charge in [0.05, 0.1) is 4.92 Å². The van der Waals surface area contributed by atoms with Crippen molar-refractivity contribution in [2.24, 2.45) is 5.73 Å². The summed E-state index contributed by atoms with van der Waals surface area (Å²) in [5, 5.41) is 11.0. The first-order chi connectivity index (χ1) is 14.7. The summed E-state index contributed by atoms with van der Waals surface area (Å²) in [5.74, 6) is -0.995. The van der Waals surface area contributed by atoms with E-state index >= 15 is 0 Å². The van der Waals surface area contributed by atoms with Gasteiger partial charge in [-0.2, -0.15) is 0 Å². The third-order valence-electron chi connectivity index (χ3n) is 5.62. The number of amides is 2. The van der Waals surface area contributed by atoms with Crippen molar-refractivity contribution in [2.45, 2.75) is 32.7 Å². The van der Waals surface area contributed by atoms with Gasteiger partial charge in [0.1, 0.15) is 5.54 Å². The molecule has 8 heteroatoms. The maximum absolute atomic E-state index is 13.5. The van der Waals surface area contributed by atoms with Gasteiger partial charge in [0.25, 0.3) is 11.6 Å². The van der Waals surface area contributed by atoms with Gasteiger partial charge in [0.2, 0.25) is 5.91 Å². The molecule has 0 spiro atoms. The Morgan fingerprint density at radius 3 is 2.06 bits per heavy atom. The van der Waals surface area contributed by atoms with Crippen LogP contribution in [0.2, 0.25) is 0 Å². The first-order valence-corrected chi connectivity index (χ1v) is 10.4. The average Bonchev–Trinajstić information content (AvgIpc) is 2.77. The molecule has 0 aliphatic carbocycles. The second-order valence-corrected chi connectivity index (χ2v) is 7.59. The number of non-ortho nitro benzene ring substituents is 1. The Labute approximate surface area is 182 Å². The number of rotatable bonds is 11.